The van der Waals surface area contributed by atoms with E-state index < -0.39 is 0 Å². The van der Waals surface area contributed by atoms with Gasteiger partial charge in [-0.1, -0.05) is 123 Å². The Labute approximate surface area is 141 Å². The van der Waals surface area contributed by atoms with Crippen LogP contribution in [0.4, 0.5) is 0 Å². The summed E-state index contributed by atoms with van der Waals surface area (Å²) in [5.41, 5.74) is 0. The summed E-state index contributed by atoms with van der Waals surface area (Å²) in [7, 11) is 0. The van der Waals surface area contributed by atoms with Gasteiger partial charge in [-0.2, -0.15) is 0 Å². The van der Waals surface area contributed by atoms with E-state index in [1.54, 1.807) is 0 Å². The molecule has 0 spiro atoms. The molecule has 0 aromatic carbocycles. The number of nitrogens with two attached hydrogens (primary N) is 1. The summed E-state index contributed by atoms with van der Waals surface area (Å²) in [6.45, 7) is 4.59. The Kier molecular flexibility index (Phi) is 28.4. The number of hydrogen-bond donors (Lipinski definition) is 2. The minimum Gasteiger partial charge on any atom is -0.281 e. The molecule has 2 heteroatoms. The maximum atomic E-state index is 4.19. The van der Waals surface area contributed by atoms with Crippen LogP contribution in [0.15, 0.2) is 0 Å². The van der Waals surface area contributed by atoms with Crippen molar-refractivity contribution >= 4 is 12.8 Å². The summed E-state index contributed by atoms with van der Waals surface area (Å²) in [6.07, 6.45) is 24.9. The molecule has 0 amide bonds. The maximum Gasteiger partial charge on any atom is -0.0533 e. The highest BCUT2D eigenvalue weighted by Crippen LogP contribution is 2.13. The van der Waals surface area contributed by atoms with Crippen molar-refractivity contribution in [3.63, 3.8) is 0 Å². The topological polar surface area (TPSA) is 26.0 Å². The number of unbranched alkanes of at least 4 members (excludes halogenated alkanes) is 16. The van der Waals surface area contributed by atoms with Crippen LogP contribution in [0.1, 0.15) is 123 Å². The van der Waals surface area contributed by atoms with Gasteiger partial charge in [0, 0.05) is 0 Å². The van der Waals surface area contributed by atoms with Crippen LogP contribution in [0.25, 0.3) is 0 Å². The van der Waals surface area contributed by atoms with Gasteiger partial charge in [0.2, 0.25) is 0 Å². The molecule has 0 rings (SSSR count). The maximum absolute atomic E-state index is 4.19. The van der Waals surface area contributed by atoms with Crippen molar-refractivity contribution in [1.29, 1.82) is 0 Å². The lowest BCUT2D eigenvalue weighted by molar-refractivity contribution is 0.529. The van der Waals surface area contributed by atoms with Crippen LogP contribution in [0.5, 0.6) is 0 Å². The van der Waals surface area contributed by atoms with Gasteiger partial charge in [0.1, 0.15) is 0 Å². The van der Waals surface area contributed by atoms with E-state index in [4.69, 9.17) is 0 Å². The van der Waals surface area contributed by atoms with Crippen LogP contribution in [-0.4, -0.2) is 0 Å². The largest absolute Gasteiger partial charge is 0.281 e. The van der Waals surface area contributed by atoms with E-state index in [1.165, 1.54) is 109 Å². The summed E-state index contributed by atoms with van der Waals surface area (Å²) >= 11 is 3.03. The van der Waals surface area contributed by atoms with Gasteiger partial charge in [-0.25, -0.2) is 0 Å². The zero-order valence-corrected chi connectivity index (χ0v) is 15.9. The first kappa shape index (κ1) is 23.6. The highest BCUT2D eigenvalue weighted by atomic mass is 32.1. The number of rotatable bonds is 16. The molecular weight excluding hydrogens is 274 g/mol. The molecule has 2 N–H and O–H groups in total. The lowest BCUT2D eigenvalue weighted by Gasteiger charge is -2.03. The summed E-state index contributed by atoms with van der Waals surface area (Å²) < 4.78 is 0. The lowest BCUT2D eigenvalue weighted by Crippen LogP contribution is -1.83. The predicted octanol–water partition coefficient (Wildman–Crippen LogP) is 7.45. The highest BCUT2D eigenvalue weighted by Gasteiger charge is 1.94. The summed E-state index contributed by atoms with van der Waals surface area (Å²) in [5.74, 6) is 0. The van der Waals surface area contributed by atoms with E-state index in [-0.39, 0.29) is 0 Å². The van der Waals surface area contributed by atoms with Gasteiger partial charge >= 0.3 is 0 Å². The average Bonchev–Trinajstić information content (AvgIpc) is 2.53. The van der Waals surface area contributed by atoms with E-state index in [2.05, 4.69) is 31.8 Å². The molecule has 0 saturated carbocycles. The highest BCUT2D eigenvalue weighted by molar-refractivity contribution is 7.77. The van der Waals surface area contributed by atoms with E-state index in [1.807, 2.05) is 0 Å². The molecule has 0 bridgehead atoms. The van der Waals surface area contributed by atoms with Gasteiger partial charge in [0.05, 0.1) is 0 Å². The molecule has 0 saturated heterocycles. The molecule has 130 valence electrons. The smallest absolute Gasteiger partial charge is 0.0533 e. The Morgan fingerprint density at radius 1 is 0.381 bits per heavy atom. The van der Waals surface area contributed by atoms with E-state index in [9.17, 15) is 0 Å². The Hall–Kier alpha value is 0.310. The molecule has 0 unspecified atom stereocenters. The Balaban J connectivity index is 0. The minimum atomic E-state index is 1.37. The third kappa shape index (κ3) is 25.6. The molecule has 0 aliphatic rings. The van der Waals surface area contributed by atoms with Crippen molar-refractivity contribution in [2.24, 2.45) is 5.14 Å². The molecule has 1 nitrogen and oxygen atoms in total. The van der Waals surface area contributed by atoms with Crippen LogP contribution in [0.2, 0.25) is 0 Å². The molecule has 0 fully saturated rings. The quantitative estimate of drug-likeness (QED) is 0.224. The van der Waals surface area contributed by atoms with Crippen molar-refractivity contribution in [2.75, 3.05) is 0 Å². The third-order valence-electron chi connectivity index (χ3n) is 4.21. The van der Waals surface area contributed by atoms with Crippen molar-refractivity contribution < 1.29 is 0 Å². The van der Waals surface area contributed by atoms with Gasteiger partial charge in [0.15, 0.2) is 0 Å². The summed E-state index contributed by atoms with van der Waals surface area (Å²) in [4.78, 5) is 0. The van der Waals surface area contributed by atoms with Gasteiger partial charge < -0.3 is 0 Å². The fourth-order valence-electron chi connectivity index (χ4n) is 2.80. The Morgan fingerprint density at radius 2 is 0.524 bits per heavy atom. The predicted molar refractivity (Wildman–Crippen MR) is 103 cm³/mol. The van der Waals surface area contributed by atoms with Crippen LogP contribution in [0.3, 0.4) is 0 Å². The number of thiol groups is 1. The second-order valence-electron chi connectivity index (χ2n) is 6.30. The molecule has 0 aliphatic heterocycles. The fourth-order valence-corrected chi connectivity index (χ4v) is 2.80. The van der Waals surface area contributed by atoms with Crippen LogP contribution >= 0.6 is 12.8 Å². The molecule has 0 aliphatic carbocycles. The molecular formula is C19H43NS. The standard InChI is InChI=1S/C19H40.H3NS/c1-3-5-7-9-11-13-15-17-19-18-16-14-12-10-8-6-4-2;1-2/h3-19H2,1-2H3;2H,1H2. The number of hydrogen-bond acceptors (Lipinski definition) is 2. The molecule has 21 heavy (non-hydrogen) atoms. The first-order chi connectivity index (χ1) is 10.4. The van der Waals surface area contributed by atoms with Gasteiger partial charge in [0.25, 0.3) is 0 Å². The SMILES string of the molecule is CCCCCCCCCCCCCCCCCCC.NS. The molecule has 0 atom stereocenters. The first-order valence-corrected chi connectivity index (χ1v) is 10.2. The average molecular weight is 318 g/mol. The van der Waals surface area contributed by atoms with Crippen molar-refractivity contribution in [3.8, 4) is 0 Å². The molecule has 0 aromatic rings. The van der Waals surface area contributed by atoms with E-state index >= 15 is 0 Å². The molecule has 0 radical (unpaired) electrons. The zero-order valence-electron chi connectivity index (χ0n) is 15.0. The van der Waals surface area contributed by atoms with E-state index in [0.29, 0.717) is 0 Å². The minimum absolute atomic E-state index is 1.37. The third-order valence-corrected chi connectivity index (χ3v) is 4.21. The second kappa shape index (κ2) is 25.3. The normalized spacial score (nSPS) is 10.3. The lowest BCUT2D eigenvalue weighted by atomic mass is 10.0. The Bertz CT molecular complexity index is 135. The van der Waals surface area contributed by atoms with Crippen LogP contribution in [-0.2, 0) is 0 Å². The molecule has 0 aromatic heterocycles. The zero-order chi connectivity index (χ0) is 16.0. The Morgan fingerprint density at radius 3 is 0.667 bits per heavy atom. The van der Waals surface area contributed by atoms with E-state index in [0.717, 1.165) is 0 Å². The van der Waals surface area contributed by atoms with Gasteiger partial charge in [-0.15, -0.1) is 12.8 Å². The van der Waals surface area contributed by atoms with Gasteiger partial charge in [-0.3, -0.25) is 5.14 Å². The van der Waals surface area contributed by atoms with Gasteiger partial charge in [-0.05, 0) is 0 Å². The van der Waals surface area contributed by atoms with Crippen LogP contribution < -0.4 is 5.14 Å². The fraction of sp³-hybridized carbons (Fsp3) is 1.00. The molecule has 0 heterocycles. The van der Waals surface area contributed by atoms with Crippen LogP contribution in [0, 0.1) is 0 Å². The van der Waals surface area contributed by atoms with Crippen molar-refractivity contribution in [2.45, 2.75) is 123 Å². The monoisotopic (exact) mass is 317 g/mol. The summed E-state index contributed by atoms with van der Waals surface area (Å²) in [5, 5.41) is 4.19. The summed E-state index contributed by atoms with van der Waals surface area (Å²) in [6, 6.07) is 0. The van der Waals surface area contributed by atoms with Crippen molar-refractivity contribution in [3.05, 3.63) is 0 Å². The van der Waals surface area contributed by atoms with Crippen molar-refractivity contribution in [1.82, 2.24) is 0 Å². The first-order valence-electron chi connectivity index (χ1n) is 9.67. The second-order valence-corrected chi connectivity index (χ2v) is 6.30.